The van der Waals surface area contributed by atoms with E-state index in [4.69, 9.17) is 16.2 Å². The van der Waals surface area contributed by atoms with Gasteiger partial charge in [-0.25, -0.2) is 4.79 Å². The van der Waals surface area contributed by atoms with Gasteiger partial charge in [0.15, 0.2) is 0 Å². The quantitative estimate of drug-likeness (QED) is 0.716. The van der Waals surface area contributed by atoms with Crippen LogP contribution in [0.1, 0.15) is 26.3 Å². The van der Waals surface area contributed by atoms with Crippen LogP contribution in [0.4, 0.5) is 16.2 Å². The Kier molecular flexibility index (Phi) is 4.42. The lowest BCUT2D eigenvalue weighted by Gasteiger charge is -2.19. The maximum Gasteiger partial charge on any atom is 0.407 e. The second kappa shape index (κ2) is 5.62. The van der Waals surface area contributed by atoms with Crippen molar-refractivity contribution in [2.75, 3.05) is 18.0 Å². The van der Waals surface area contributed by atoms with E-state index in [9.17, 15) is 4.79 Å². The highest BCUT2D eigenvalue weighted by molar-refractivity contribution is 5.67. The molecule has 0 saturated heterocycles. The van der Waals surface area contributed by atoms with Crippen LogP contribution in [0.3, 0.4) is 0 Å². The number of hydrogen-bond donors (Lipinski definition) is 3. The number of anilines is 2. The molecular formula is C13H21N3O2. The minimum absolute atomic E-state index is 0.426. The third-order valence-corrected chi connectivity index (χ3v) is 2.23. The molecule has 1 rings (SSSR count). The number of carbonyl (C=O) groups is 1. The smallest absolute Gasteiger partial charge is 0.407 e. The SMILES string of the molecule is CC(C)(C)OC(=O)NCCc1cc(N)ccc1N. The Hall–Kier alpha value is -1.91. The number of hydrogen-bond acceptors (Lipinski definition) is 4. The van der Waals surface area contributed by atoms with Gasteiger partial charge in [0.2, 0.25) is 0 Å². The molecule has 0 fully saturated rings. The minimum atomic E-state index is -0.486. The van der Waals surface area contributed by atoms with Crippen molar-refractivity contribution < 1.29 is 9.53 Å². The number of rotatable bonds is 3. The average Bonchev–Trinajstić information content (AvgIpc) is 2.20. The van der Waals surface area contributed by atoms with Crippen molar-refractivity contribution in [3.05, 3.63) is 23.8 Å². The minimum Gasteiger partial charge on any atom is -0.444 e. The van der Waals surface area contributed by atoms with Gasteiger partial charge in [0.05, 0.1) is 0 Å². The molecule has 18 heavy (non-hydrogen) atoms. The van der Waals surface area contributed by atoms with Gasteiger partial charge in [-0.15, -0.1) is 0 Å². The van der Waals surface area contributed by atoms with Crippen LogP contribution in [-0.2, 0) is 11.2 Å². The van der Waals surface area contributed by atoms with E-state index in [0.717, 1.165) is 5.56 Å². The molecule has 0 bridgehead atoms. The summed E-state index contributed by atoms with van der Waals surface area (Å²) in [4.78, 5) is 11.4. The van der Waals surface area contributed by atoms with Gasteiger partial charge in [0.25, 0.3) is 0 Å². The van der Waals surface area contributed by atoms with E-state index >= 15 is 0 Å². The predicted octanol–water partition coefficient (Wildman–Crippen LogP) is 1.92. The molecular weight excluding hydrogens is 230 g/mol. The molecule has 0 saturated carbocycles. The molecule has 0 heterocycles. The number of ether oxygens (including phenoxy) is 1. The molecule has 0 radical (unpaired) electrons. The number of benzene rings is 1. The van der Waals surface area contributed by atoms with Gasteiger partial charge in [0.1, 0.15) is 5.60 Å². The van der Waals surface area contributed by atoms with E-state index in [1.165, 1.54) is 0 Å². The molecule has 5 N–H and O–H groups in total. The number of amides is 1. The van der Waals surface area contributed by atoms with E-state index < -0.39 is 11.7 Å². The molecule has 5 nitrogen and oxygen atoms in total. The van der Waals surface area contributed by atoms with Crippen LogP contribution < -0.4 is 16.8 Å². The Morgan fingerprint density at radius 2 is 2.00 bits per heavy atom. The molecule has 0 spiro atoms. The molecule has 0 aliphatic carbocycles. The molecule has 100 valence electrons. The first-order valence-corrected chi connectivity index (χ1v) is 5.88. The van der Waals surface area contributed by atoms with Crippen LogP contribution in [0.5, 0.6) is 0 Å². The van der Waals surface area contributed by atoms with Gasteiger partial charge in [-0.2, -0.15) is 0 Å². The molecule has 1 aromatic carbocycles. The van der Waals surface area contributed by atoms with Crippen molar-refractivity contribution in [2.45, 2.75) is 32.8 Å². The Morgan fingerprint density at radius 3 is 2.61 bits per heavy atom. The monoisotopic (exact) mass is 251 g/mol. The first-order valence-electron chi connectivity index (χ1n) is 5.88. The first kappa shape index (κ1) is 14.2. The largest absolute Gasteiger partial charge is 0.444 e. The maximum atomic E-state index is 11.4. The van der Waals surface area contributed by atoms with Crippen LogP contribution in [0.15, 0.2) is 18.2 Å². The summed E-state index contributed by atoms with van der Waals surface area (Å²) in [5.41, 5.74) is 13.3. The highest BCUT2D eigenvalue weighted by Gasteiger charge is 2.15. The van der Waals surface area contributed by atoms with Crippen molar-refractivity contribution in [1.82, 2.24) is 5.32 Å². The summed E-state index contributed by atoms with van der Waals surface area (Å²) in [6.45, 7) is 5.93. The second-order valence-corrected chi connectivity index (χ2v) is 5.14. The van der Waals surface area contributed by atoms with Gasteiger partial charge < -0.3 is 21.5 Å². The summed E-state index contributed by atoms with van der Waals surface area (Å²) in [5, 5.41) is 2.68. The summed E-state index contributed by atoms with van der Waals surface area (Å²) in [6.07, 6.45) is 0.195. The van der Waals surface area contributed by atoms with E-state index in [0.29, 0.717) is 24.3 Å². The lowest BCUT2D eigenvalue weighted by atomic mass is 10.1. The van der Waals surface area contributed by atoms with Gasteiger partial charge in [-0.3, -0.25) is 0 Å². The fourth-order valence-electron chi connectivity index (χ4n) is 1.46. The molecule has 1 aromatic rings. The zero-order chi connectivity index (χ0) is 13.8. The van der Waals surface area contributed by atoms with Gasteiger partial charge in [-0.05, 0) is 51.0 Å². The van der Waals surface area contributed by atoms with Crippen molar-refractivity contribution in [2.24, 2.45) is 0 Å². The van der Waals surface area contributed by atoms with Gasteiger partial charge in [0, 0.05) is 17.9 Å². The van der Waals surface area contributed by atoms with Crippen LogP contribution in [0.25, 0.3) is 0 Å². The molecule has 1 amide bonds. The third kappa shape index (κ3) is 4.95. The third-order valence-electron chi connectivity index (χ3n) is 2.23. The summed E-state index contributed by atoms with van der Waals surface area (Å²) < 4.78 is 5.12. The highest BCUT2D eigenvalue weighted by Crippen LogP contribution is 2.15. The average molecular weight is 251 g/mol. The zero-order valence-corrected chi connectivity index (χ0v) is 11.1. The van der Waals surface area contributed by atoms with E-state index in [1.807, 2.05) is 26.8 Å². The Balaban J connectivity index is 2.42. The highest BCUT2D eigenvalue weighted by atomic mass is 16.6. The predicted molar refractivity (Wildman–Crippen MR) is 73.2 cm³/mol. The van der Waals surface area contributed by atoms with E-state index in [1.54, 1.807) is 12.1 Å². The maximum absolute atomic E-state index is 11.4. The summed E-state index contributed by atoms with van der Waals surface area (Å²) >= 11 is 0. The lowest BCUT2D eigenvalue weighted by Crippen LogP contribution is -2.33. The standard InChI is InChI=1S/C13H21N3O2/c1-13(2,3)18-12(17)16-7-6-9-8-10(14)4-5-11(9)15/h4-5,8H,6-7,14-15H2,1-3H3,(H,16,17). The summed E-state index contributed by atoms with van der Waals surface area (Å²) in [5.74, 6) is 0. The fraction of sp³-hybridized carbons (Fsp3) is 0.462. The molecule has 0 aromatic heterocycles. The Morgan fingerprint density at radius 1 is 1.33 bits per heavy atom. The normalized spacial score (nSPS) is 11.1. The zero-order valence-electron chi connectivity index (χ0n) is 11.1. The van der Waals surface area contributed by atoms with E-state index in [2.05, 4.69) is 5.32 Å². The Labute approximate surface area is 107 Å². The van der Waals surface area contributed by atoms with Crippen molar-refractivity contribution in [3.63, 3.8) is 0 Å². The molecule has 0 aliphatic rings. The lowest BCUT2D eigenvalue weighted by molar-refractivity contribution is 0.0528. The molecule has 0 aliphatic heterocycles. The second-order valence-electron chi connectivity index (χ2n) is 5.14. The van der Waals surface area contributed by atoms with Crippen molar-refractivity contribution in [3.8, 4) is 0 Å². The molecule has 0 atom stereocenters. The molecule has 5 heteroatoms. The number of alkyl carbamates (subject to hydrolysis) is 1. The van der Waals surface area contributed by atoms with Crippen molar-refractivity contribution in [1.29, 1.82) is 0 Å². The van der Waals surface area contributed by atoms with Crippen LogP contribution >= 0.6 is 0 Å². The van der Waals surface area contributed by atoms with E-state index in [-0.39, 0.29) is 0 Å². The van der Waals surface area contributed by atoms with Gasteiger partial charge >= 0.3 is 6.09 Å². The van der Waals surface area contributed by atoms with Crippen LogP contribution in [-0.4, -0.2) is 18.2 Å². The number of carbonyl (C=O) groups excluding carboxylic acids is 1. The molecule has 0 unspecified atom stereocenters. The number of nitrogens with one attached hydrogen (secondary N) is 1. The van der Waals surface area contributed by atoms with Crippen LogP contribution in [0, 0.1) is 0 Å². The van der Waals surface area contributed by atoms with Crippen LogP contribution in [0.2, 0.25) is 0 Å². The number of nitrogens with two attached hydrogens (primary N) is 2. The fourth-order valence-corrected chi connectivity index (χ4v) is 1.46. The Bertz CT molecular complexity index is 425. The summed E-state index contributed by atoms with van der Waals surface area (Å²) in [7, 11) is 0. The van der Waals surface area contributed by atoms with Gasteiger partial charge in [-0.1, -0.05) is 0 Å². The number of nitrogen functional groups attached to an aromatic ring is 2. The summed E-state index contributed by atoms with van der Waals surface area (Å²) in [6, 6.07) is 5.32. The van der Waals surface area contributed by atoms with Crippen molar-refractivity contribution >= 4 is 17.5 Å². The first-order chi connectivity index (χ1) is 8.28. The topological polar surface area (TPSA) is 90.4 Å².